The van der Waals surface area contributed by atoms with Crippen LogP contribution in [0.5, 0.6) is 0 Å². The SMILES string of the molecule is NC(=O)CC(NC(=O)C(N)CS)C(=O)NC(Cc1cnc[nH]1)C(=O)NC(CCCN=C(N)N)C(=O)O. The van der Waals surface area contributed by atoms with Crippen LogP contribution in [0.3, 0.4) is 0 Å². The van der Waals surface area contributed by atoms with E-state index < -0.39 is 60.2 Å². The first-order valence-electron chi connectivity index (χ1n) is 10.8. The van der Waals surface area contributed by atoms with E-state index >= 15 is 0 Å². The van der Waals surface area contributed by atoms with E-state index in [-0.39, 0.29) is 37.5 Å². The van der Waals surface area contributed by atoms with Gasteiger partial charge in [-0.15, -0.1) is 0 Å². The molecule has 0 saturated heterocycles. The lowest BCUT2D eigenvalue weighted by Gasteiger charge is -2.24. The third kappa shape index (κ3) is 11.0. The zero-order valence-electron chi connectivity index (χ0n) is 19.3. The number of hydrogen-bond acceptors (Lipinski definition) is 9. The Bertz CT molecular complexity index is 937. The molecule has 1 heterocycles. The standard InChI is InChI=1S/C19H32N10O6S/c20-10(7-36)15(31)28-13(5-14(21)30)17(33)29-12(4-9-6-24-8-26-9)16(32)27-11(18(34)35)2-1-3-25-19(22)23/h6,8,10-13,36H,1-5,7,20H2,(H2,21,30)(H,24,26)(H,27,32)(H,28,31)(H,29,33)(H,34,35)(H4,22,23,25). The lowest BCUT2D eigenvalue weighted by Crippen LogP contribution is -2.58. The van der Waals surface area contributed by atoms with Crippen LogP contribution >= 0.6 is 12.6 Å². The third-order valence-electron chi connectivity index (χ3n) is 4.74. The molecule has 0 aliphatic heterocycles. The fourth-order valence-electron chi connectivity index (χ4n) is 2.90. The van der Waals surface area contributed by atoms with Crippen molar-refractivity contribution >= 4 is 48.2 Å². The minimum Gasteiger partial charge on any atom is -0.480 e. The predicted octanol–water partition coefficient (Wildman–Crippen LogP) is -4.32. The summed E-state index contributed by atoms with van der Waals surface area (Å²) in [6, 6.07) is -5.10. The maximum absolute atomic E-state index is 13.0. The second-order valence-electron chi connectivity index (χ2n) is 7.71. The molecule has 0 spiro atoms. The van der Waals surface area contributed by atoms with Gasteiger partial charge >= 0.3 is 5.97 Å². The maximum Gasteiger partial charge on any atom is 0.326 e. The summed E-state index contributed by atoms with van der Waals surface area (Å²) < 4.78 is 0. The average molecular weight is 529 g/mol. The number of H-pyrrole nitrogens is 1. The predicted molar refractivity (Wildman–Crippen MR) is 131 cm³/mol. The topological polar surface area (TPSA) is 287 Å². The summed E-state index contributed by atoms with van der Waals surface area (Å²) in [5, 5.41) is 16.6. The molecule has 0 bridgehead atoms. The first kappa shape index (κ1) is 30.2. The number of carbonyl (C=O) groups is 5. The molecular weight excluding hydrogens is 496 g/mol. The van der Waals surface area contributed by atoms with Crippen molar-refractivity contribution in [2.45, 2.75) is 49.9 Å². The molecule has 0 aromatic carbocycles. The summed E-state index contributed by atoms with van der Waals surface area (Å²) >= 11 is 3.91. The molecule has 4 atom stereocenters. The Hall–Kier alpha value is -3.86. The van der Waals surface area contributed by atoms with Gasteiger partial charge in [0.2, 0.25) is 23.6 Å². The summed E-state index contributed by atoms with van der Waals surface area (Å²) in [4.78, 5) is 71.5. The lowest BCUT2D eigenvalue weighted by molar-refractivity contribution is -0.142. The van der Waals surface area contributed by atoms with Gasteiger partial charge in [-0.25, -0.2) is 9.78 Å². The number of carbonyl (C=O) groups excluding carboxylic acids is 4. The number of carboxylic acids is 1. The number of thiol groups is 1. The van der Waals surface area contributed by atoms with Crippen LogP contribution in [-0.2, 0) is 30.4 Å². The zero-order valence-corrected chi connectivity index (χ0v) is 20.2. The number of amides is 4. The molecule has 0 aliphatic rings. The second-order valence-corrected chi connectivity index (χ2v) is 8.08. The first-order chi connectivity index (χ1) is 16.9. The molecule has 4 unspecified atom stereocenters. The van der Waals surface area contributed by atoms with Gasteiger partial charge in [0.1, 0.15) is 18.1 Å². The number of nitrogens with two attached hydrogens (primary N) is 4. The highest BCUT2D eigenvalue weighted by atomic mass is 32.1. The van der Waals surface area contributed by atoms with Crippen molar-refractivity contribution in [1.82, 2.24) is 25.9 Å². The van der Waals surface area contributed by atoms with Crippen molar-refractivity contribution in [1.29, 1.82) is 0 Å². The van der Waals surface area contributed by atoms with Crippen LogP contribution in [0.25, 0.3) is 0 Å². The van der Waals surface area contributed by atoms with E-state index in [4.69, 9.17) is 22.9 Å². The van der Waals surface area contributed by atoms with Gasteiger partial charge < -0.3 is 49.0 Å². The summed E-state index contributed by atoms with van der Waals surface area (Å²) in [6.07, 6.45) is 2.34. The number of nitrogens with one attached hydrogen (secondary N) is 4. The summed E-state index contributed by atoms with van der Waals surface area (Å²) in [5.74, 6) is -4.87. The fourth-order valence-corrected chi connectivity index (χ4v) is 3.07. The van der Waals surface area contributed by atoms with E-state index in [2.05, 4.69) is 43.5 Å². The number of hydrogen-bond donors (Lipinski definition) is 10. The van der Waals surface area contributed by atoms with Crippen LogP contribution in [0.4, 0.5) is 0 Å². The van der Waals surface area contributed by atoms with Gasteiger partial charge in [-0.05, 0) is 12.8 Å². The molecule has 36 heavy (non-hydrogen) atoms. The Morgan fingerprint density at radius 2 is 1.64 bits per heavy atom. The van der Waals surface area contributed by atoms with E-state index in [0.717, 1.165) is 0 Å². The monoisotopic (exact) mass is 528 g/mol. The number of aromatic nitrogens is 2. The van der Waals surface area contributed by atoms with Crippen molar-refractivity contribution in [3.05, 3.63) is 18.2 Å². The highest BCUT2D eigenvalue weighted by molar-refractivity contribution is 7.80. The van der Waals surface area contributed by atoms with E-state index in [1.54, 1.807) is 0 Å². The van der Waals surface area contributed by atoms with Crippen LogP contribution in [-0.4, -0.2) is 87.1 Å². The number of rotatable bonds is 16. The first-order valence-corrected chi connectivity index (χ1v) is 11.4. The van der Waals surface area contributed by atoms with Crippen LogP contribution in [0.2, 0.25) is 0 Å². The maximum atomic E-state index is 13.0. The van der Waals surface area contributed by atoms with E-state index in [1.807, 2.05) is 0 Å². The molecule has 13 N–H and O–H groups in total. The lowest BCUT2D eigenvalue weighted by atomic mass is 10.1. The molecule has 17 heteroatoms. The Morgan fingerprint density at radius 3 is 2.17 bits per heavy atom. The number of nitrogens with zero attached hydrogens (tertiary/aromatic N) is 2. The van der Waals surface area contributed by atoms with Gasteiger partial charge in [-0.1, -0.05) is 0 Å². The number of primary amides is 1. The van der Waals surface area contributed by atoms with Gasteiger partial charge in [0, 0.05) is 30.6 Å². The van der Waals surface area contributed by atoms with Crippen molar-refractivity contribution in [3.8, 4) is 0 Å². The molecule has 1 rings (SSSR count). The minimum atomic E-state index is -1.44. The van der Waals surface area contributed by atoms with Crippen molar-refractivity contribution in [2.24, 2.45) is 27.9 Å². The van der Waals surface area contributed by atoms with Gasteiger partial charge in [-0.3, -0.25) is 24.2 Å². The molecule has 4 amide bonds. The van der Waals surface area contributed by atoms with E-state index in [0.29, 0.717) is 5.69 Å². The van der Waals surface area contributed by atoms with E-state index in [9.17, 15) is 29.1 Å². The van der Waals surface area contributed by atoms with Crippen LogP contribution in [0.1, 0.15) is 25.0 Å². The Balaban J connectivity index is 3.03. The molecule has 1 aromatic rings. The second kappa shape index (κ2) is 15.2. The quantitative estimate of drug-likeness (QED) is 0.0426. The molecule has 16 nitrogen and oxygen atoms in total. The fraction of sp³-hybridized carbons (Fsp3) is 0.526. The highest BCUT2D eigenvalue weighted by Gasteiger charge is 2.31. The number of imidazole rings is 1. The van der Waals surface area contributed by atoms with Gasteiger partial charge in [0.15, 0.2) is 5.96 Å². The summed E-state index contributed by atoms with van der Waals surface area (Å²) in [7, 11) is 0. The Morgan fingerprint density at radius 1 is 1.03 bits per heavy atom. The molecule has 0 aliphatic carbocycles. The molecule has 0 saturated carbocycles. The number of aliphatic carboxylic acids is 1. The number of guanidine groups is 1. The number of carboxylic acid groups (broad SMARTS) is 1. The molecule has 1 aromatic heterocycles. The van der Waals surface area contributed by atoms with Crippen LogP contribution in [0.15, 0.2) is 17.5 Å². The number of aromatic amines is 1. The van der Waals surface area contributed by atoms with Gasteiger partial charge in [0.05, 0.1) is 18.8 Å². The highest BCUT2D eigenvalue weighted by Crippen LogP contribution is 2.05. The zero-order chi connectivity index (χ0) is 27.3. The Kier molecular flexibility index (Phi) is 12.7. The third-order valence-corrected chi connectivity index (χ3v) is 5.14. The normalized spacial score (nSPS) is 13.9. The van der Waals surface area contributed by atoms with Crippen molar-refractivity contribution in [2.75, 3.05) is 12.3 Å². The Labute approximate surface area is 211 Å². The van der Waals surface area contributed by atoms with Gasteiger partial charge in [-0.2, -0.15) is 12.6 Å². The average Bonchev–Trinajstić information content (AvgIpc) is 3.31. The van der Waals surface area contributed by atoms with E-state index in [1.165, 1.54) is 12.5 Å². The molecule has 0 fully saturated rings. The molecular formula is C19H32N10O6S. The largest absolute Gasteiger partial charge is 0.480 e. The van der Waals surface area contributed by atoms with Crippen molar-refractivity contribution in [3.63, 3.8) is 0 Å². The minimum absolute atomic E-state index is 0.00452. The molecule has 0 radical (unpaired) electrons. The van der Waals surface area contributed by atoms with Crippen molar-refractivity contribution < 1.29 is 29.1 Å². The smallest absolute Gasteiger partial charge is 0.326 e. The summed E-state index contributed by atoms with van der Waals surface area (Å²) in [6.45, 7) is 0.152. The van der Waals surface area contributed by atoms with Gasteiger partial charge in [0.25, 0.3) is 0 Å². The number of aliphatic imine (C=N–C) groups is 1. The van der Waals surface area contributed by atoms with Crippen LogP contribution in [0, 0.1) is 0 Å². The van der Waals surface area contributed by atoms with Crippen LogP contribution < -0.4 is 38.9 Å². The summed E-state index contributed by atoms with van der Waals surface area (Å²) in [5.41, 5.74) is 21.7. The molecule has 200 valence electrons.